The molecule has 2 rings (SSSR count). The molecule has 1 aliphatic rings. The molecule has 2 N–H and O–H groups in total. The minimum Gasteiger partial charge on any atom is -0.336 e. The molecule has 1 fully saturated rings. The molecule has 1 aliphatic heterocycles. The van der Waals surface area contributed by atoms with Gasteiger partial charge in [0.2, 0.25) is 5.91 Å². The largest absolute Gasteiger partial charge is 0.336 e. The van der Waals surface area contributed by atoms with Crippen LogP contribution < -0.4 is 10.6 Å². The molecule has 84 valence electrons. The summed E-state index contributed by atoms with van der Waals surface area (Å²) >= 11 is 0. The minimum atomic E-state index is -0.630. The predicted octanol–water partition coefficient (Wildman–Crippen LogP) is 1.17. The van der Waals surface area contributed by atoms with Crippen LogP contribution in [0, 0.1) is 0 Å². The summed E-state index contributed by atoms with van der Waals surface area (Å²) in [6.45, 7) is 2.31. The lowest BCUT2D eigenvalue weighted by atomic mass is 9.76. The number of amides is 3. The number of urea groups is 1. The van der Waals surface area contributed by atoms with Crippen molar-refractivity contribution in [3.05, 3.63) is 35.9 Å². The van der Waals surface area contributed by atoms with Crippen molar-refractivity contribution < 1.29 is 9.59 Å². The van der Waals surface area contributed by atoms with E-state index in [1.165, 1.54) is 0 Å². The van der Waals surface area contributed by atoms with Crippen molar-refractivity contribution in [2.45, 2.75) is 18.8 Å². The fourth-order valence-corrected chi connectivity index (χ4v) is 2.06. The van der Waals surface area contributed by atoms with Gasteiger partial charge in [-0.3, -0.25) is 10.1 Å². The van der Waals surface area contributed by atoms with E-state index >= 15 is 0 Å². The molecule has 1 aromatic rings. The molecule has 3 amide bonds. The highest BCUT2D eigenvalue weighted by Gasteiger charge is 2.42. The summed E-state index contributed by atoms with van der Waals surface area (Å²) in [5, 5.41) is 5.01. The normalized spacial score (nSPS) is 24.8. The number of hydrogen-bond donors (Lipinski definition) is 2. The number of carbonyl (C=O) groups excluding carboxylic acids is 2. The van der Waals surface area contributed by atoms with Crippen LogP contribution >= 0.6 is 0 Å². The Kier molecular flexibility index (Phi) is 2.64. The SMILES string of the molecule is CC[C@@]1(c2ccccc2)CNC(=O)NC1=O. The molecule has 1 aromatic carbocycles. The maximum absolute atomic E-state index is 12.0. The second kappa shape index (κ2) is 3.96. The number of benzene rings is 1. The van der Waals surface area contributed by atoms with Gasteiger partial charge >= 0.3 is 6.03 Å². The molecule has 0 aliphatic carbocycles. The Bertz CT molecular complexity index is 416. The van der Waals surface area contributed by atoms with Gasteiger partial charge in [-0.15, -0.1) is 0 Å². The second-order valence-electron chi connectivity index (χ2n) is 3.94. The Morgan fingerprint density at radius 3 is 2.50 bits per heavy atom. The van der Waals surface area contributed by atoms with Crippen LogP contribution in [0.15, 0.2) is 30.3 Å². The van der Waals surface area contributed by atoms with Gasteiger partial charge in [0, 0.05) is 6.54 Å². The van der Waals surface area contributed by atoms with Gasteiger partial charge in [-0.25, -0.2) is 4.79 Å². The van der Waals surface area contributed by atoms with E-state index in [1.54, 1.807) is 0 Å². The molecule has 0 saturated carbocycles. The van der Waals surface area contributed by atoms with Crippen LogP contribution in [0.1, 0.15) is 18.9 Å². The van der Waals surface area contributed by atoms with Gasteiger partial charge in [0.25, 0.3) is 0 Å². The number of imide groups is 1. The third-order valence-electron chi connectivity index (χ3n) is 3.14. The second-order valence-corrected chi connectivity index (χ2v) is 3.94. The molecule has 1 heterocycles. The fraction of sp³-hybridized carbons (Fsp3) is 0.333. The molecule has 0 aromatic heterocycles. The summed E-state index contributed by atoms with van der Waals surface area (Å²) in [5.41, 5.74) is 0.310. The molecule has 0 spiro atoms. The Morgan fingerprint density at radius 1 is 1.25 bits per heavy atom. The Balaban J connectivity index is 2.40. The molecule has 4 nitrogen and oxygen atoms in total. The monoisotopic (exact) mass is 218 g/mol. The highest BCUT2D eigenvalue weighted by atomic mass is 16.2. The van der Waals surface area contributed by atoms with Crippen molar-refractivity contribution in [3.8, 4) is 0 Å². The van der Waals surface area contributed by atoms with Crippen molar-refractivity contribution >= 4 is 11.9 Å². The van der Waals surface area contributed by atoms with Gasteiger partial charge in [-0.05, 0) is 12.0 Å². The van der Waals surface area contributed by atoms with Gasteiger partial charge in [0.15, 0.2) is 0 Å². The number of hydrogen-bond acceptors (Lipinski definition) is 2. The van der Waals surface area contributed by atoms with Gasteiger partial charge < -0.3 is 5.32 Å². The van der Waals surface area contributed by atoms with Crippen LogP contribution in [-0.2, 0) is 10.2 Å². The summed E-state index contributed by atoms with van der Waals surface area (Å²) in [6.07, 6.45) is 0.656. The highest BCUT2D eigenvalue weighted by Crippen LogP contribution is 2.29. The molecule has 1 saturated heterocycles. The van der Waals surface area contributed by atoms with Crippen molar-refractivity contribution in [2.75, 3.05) is 6.54 Å². The molecular formula is C12H14N2O2. The Labute approximate surface area is 94.0 Å². The van der Waals surface area contributed by atoms with Crippen LogP contribution in [-0.4, -0.2) is 18.5 Å². The predicted molar refractivity (Wildman–Crippen MR) is 60.0 cm³/mol. The minimum absolute atomic E-state index is 0.218. The van der Waals surface area contributed by atoms with Crippen LogP contribution in [0.2, 0.25) is 0 Å². The molecular weight excluding hydrogens is 204 g/mol. The summed E-state index contributed by atoms with van der Waals surface area (Å²) in [4.78, 5) is 23.1. The number of nitrogens with one attached hydrogen (secondary N) is 2. The Morgan fingerprint density at radius 2 is 1.94 bits per heavy atom. The van der Waals surface area contributed by atoms with Gasteiger partial charge in [-0.1, -0.05) is 37.3 Å². The van der Waals surface area contributed by atoms with Crippen LogP contribution in [0.4, 0.5) is 4.79 Å². The summed E-state index contributed by atoms with van der Waals surface area (Å²) in [5.74, 6) is -0.218. The van der Waals surface area contributed by atoms with E-state index in [2.05, 4.69) is 10.6 Å². The maximum Gasteiger partial charge on any atom is 0.321 e. The third kappa shape index (κ3) is 1.56. The van der Waals surface area contributed by atoms with Crippen LogP contribution in [0.5, 0.6) is 0 Å². The molecule has 0 radical (unpaired) electrons. The Hall–Kier alpha value is -1.84. The number of rotatable bonds is 2. The quantitative estimate of drug-likeness (QED) is 0.783. The van der Waals surface area contributed by atoms with Crippen molar-refractivity contribution in [2.24, 2.45) is 0 Å². The lowest BCUT2D eigenvalue weighted by Gasteiger charge is -2.35. The first-order chi connectivity index (χ1) is 7.69. The number of carbonyl (C=O) groups is 2. The zero-order valence-corrected chi connectivity index (χ0v) is 9.12. The average molecular weight is 218 g/mol. The van der Waals surface area contributed by atoms with Crippen molar-refractivity contribution in [3.63, 3.8) is 0 Å². The molecule has 0 unspecified atom stereocenters. The third-order valence-corrected chi connectivity index (χ3v) is 3.14. The van der Waals surface area contributed by atoms with E-state index in [-0.39, 0.29) is 5.91 Å². The van der Waals surface area contributed by atoms with Gasteiger partial charge in [0.05, 0.1) is 5.41 Å². The van der Waals surface area contributed by atoms with Crippen LogP contribution in [0.3, 0.4) is 0 Å². The summed E-state index contributed by atoms with van der Waals surface area (Å²) in [7, 11) is 0. The zero-order valence-electron chi connectivity index (χ0n) is 9.12. The van der Waals surface area contributed by atoms with E-state index in [0.29, 0.717) is 13.0 Å². The highest BCUT2D eigenvalue weighted by molar-refractivity contribution is 6.03. The van der Waals surface area contributed by atoms with Crippen molar-refractivity contribution in [1.82, 2.24) is 10.6 Å². The topological polar surface area (TPSA) is 58.2 Å². The van der Waals surface area contributed by atoms with E-state index in [0.717, 1.165) is 5.56 Å². The average Bonchev–Trinajstić information content (AvgIpc) is 2.31. The molecule has 0 bridgehead atoms. The summed E-state index contributed by atoms with van der Waals surface area (Å²) in [6, 6.07) is 9.13. The first kappa shape index (κ1) is 10.7. The maximum atomic E-state index is 12.0. The smallest absolute Gasteiger partial charge is 0.321 e. The molecule has 16 heavy (non-hydrogen) atoms. The van der Waals surface area contributed by atoms with E-state index < -0.39 is 11.4 Å². The van der Waals surface area contributed by atoms with E-state index in [4.69, 9.17) is 0 Å². The molecule has 1 atom stereocenters. The first-order valence-electron chi connectivity index (χ1n) is 5.34. The van der Waals surface area contributed by atoms with E-state index in [9.17, 15) is 9.59 Å². The zero-order chi connectivity index (χ0) is 11.6. The van der Waals surface area contributed by atoms with Gasteiger partial charge in [0.1, 0.15) is 0 Å². The van der Waals surface area contributed by atoms with E-state index in [1.807, 2.05) is 37.3 Å². The fourth-order valence-electron chi connectivity index (χ4n) is 2.06. The van der Waals surface area contributed by atoms with Crippen LogP contribution in [0.25, 0.3) is 0 Å². The summed E-state index contributed by atoms with van der Waals surface area (Å²) < 4.78 is 0. The van der Waals surface area contributed by atoms with Crippen molar-refractivity contribution in [1.29, 1.82) is 0 Å². The lowest BCUT2D eigenvalue weighted by molar-refractivity contribution is -0.126. The lowest BCUT2D eigenvalue weighted by Crippen LogP contribution is -2.60. The van der Waals surface area contributed by atoms with Gasteiger partial charge in [-0.2, -0.15) is 0 Å². The molecule has 4 heteroatoms. The first-order valence-corrected chi connectivity index (χ1v) is 5.34. The standard InChI is InChI=1S/C12H14N2O2/c1-2-12(9-6-4-3-5-7-9)8-13-11(16)14-10(12)15/h3-7H,2,8H2,1H3,(H2,13,14,15,16)/t12-/m0/s1.